The lowest BCUT2D eigenvalue weighted by Gasteiger charge is -2.29. The van der Waals surface area contributed by atoms with Gasteiger partial charge in [0.2, 0.25) is 5.91 Å². The van der Waals surface area contributed by atoms with Crippen LogP contribution in [0.1, 0.15) is 45.2 Å². The van der Waals surface area contributed by atoms with Crippen molar-refractivity contribution in [2.24, 2.45) is 0 Å². The minimum absolute atomic E-state index is 0.0794. The van der Waals surface area contributed by atoms with Crippen molar-refractivity contribution in [3.8, 4) is 0 Å². The van der Waals surface area contributed by atoms with Gasteiger partial charge in [0.1, 0.15) is 18.2 Å². The van der Waals surface area contributed by atoms with Gasteiger partial charge in [0, 0.05) is 13.5 Å². The first-order valence-electron chi connectivity index (χ1n) is 11.7. The highest BCUT2D eigenvalue weighted by molar-refractivity contribution is 5.94. The summed E-state index contributed by atoms with van der Waals surface area (Å²) in [6, 6.07) is 18.0. The van der Waals surface area contributed by atoms with Crippen molar-refractivity contribution in [1.29, 1.82) is 0 Å². The molecule has 1 N–H and O–H groups in total. The van der Waals surface area contributed by atoms with Crippen LogP contribution in [0.2, 0.25) is 0 Å². The third kappa shape index (κ3) is 7.05. The Hall–Kier alpha value is -3.39. The summed E-state index contributed by atoms with van der Waals surface area (Å²) < 4.78 is 16.9. The fourth-order valence-corrected chi connectivity index (χ4v) is 3.45. The molecule has 0 aliphatic heterocycles. The number of ether oxygens (including phenoxy) is 3. The molecule has 1 saturated carbocycles. The maximum absolute atomic E-state index is 13.1. The summed E-state index contributed by atoms with van der Waals surface area (Å²) in [7, 11) is 1.48. The second-order valence-electron chi connectivity index (χ2n) is 9.78. The molecule has 1 aliphatic carbocycles. The second kappa shape index (κ2) is 10.9. The molecular formula is C27H34N2O6. The first-order chi connectivity index (χ1) is 16.5. The number of rotatable bonds is 9. The van der Waals surface area contributed by atoms with E-state index in [0.29, 0.717) is 6.61 Å². The molecule has 1 unspecified atom stereocenters. The quantitative estimate of drug-likeness (QED) is 0.546. The SMILES string of the molecule is C[C@@H](C(=O)NC1(C(=O)OCc2ccccc2)C[C@H]1OCc1ccccc1)N(C)C(=O)OC(C)(C)C. The van der Waals surface area contributed by atoms with E-state index in [1.54, 1.807) is 27.7 Å². The molecule has 1 aliphatic rings. The predicted octanol–water partition coefficient (Wildman–Crippen LogP) is 3.83. The smallest absolute Gasteiger partial charge is 0.410 e. The normalized spacial score (nSPS) is 19.9. The van der Waals surface area contributed by atoms with E-state index in [2.05, 4.69) is 5.32 Å². The number of carbonyl (C=O) groups is 3. The minimum atomic E-state index is -1.32. The Kier molecular flexibility index (Phi) is 8.17. The number of hydrogen-bond acceptors (Lipinski definition) is 6. The number of hydrogen-bond donors (Lipinski definition) is 1. The average molecular weight is 483 g/mol. The van der Waals surface area contributed by atoms with E-state index in [4.69, 9.17) is 14.2 Å². The van der Waals surface area contributed by atoms with Gasteiger partial charge < -0.3 is 19.5 Å². The van der Waals surface area contributed by atoms with Crippen molar-refractivity contribution >= 4 is 18.0 Å². The van der Waals surface area contributed by atoms with Gasteiger partial charge in [-0.15, -0.1) is 0 Å². The van der Waals surface area contributed by atoms with E-state index in [1.165, 1.54) is 11.9 Å². The summed E-state index contributed by atoms with van der Waals surface area (Å²) in [6.45, 7) is 7.20. The molecule has 0 saturated heterocycles. The second-order valence-corrected chi connectivity index (χ2v) is 9.78. The van der Waals surface area contributed by atoms with Crippen molar-refractivity contribution in [2.75, 3.05) is 7.05 Å². The highest BCUT2D eigenvalue weighted by Gasteiger charge is 2.64. The summed E-state index contributed by atoms with van der Waals surface area (Å²) in [4.78, 5) is 39.8. The lowest BCUT2D eigenvalue weighted by Crippen LogP contribution is -2.54. The number of amides is 2. The lowest BCUT2D eigenvalue weighted by molar-refractivity contribution is -0.152. The van der Waals surface area contributed by atoms with Crippen LogP contribution in [0.25, 0.3) is 0 Å². The topological polar surface area (TPSA) is 94.2 Å². The largest absolute Gasteiger partial charge is 0.459 e. The zero-order chi connectivity index (χ0) is 25.6. The van der Waals surface area contributed by atoms with Crippen LogP contribution >= 0.6 is 0 Å². The molecule has 0 spiro atoms. The Morgan fingerprint density at radius 2 is 1.54 bits per heavy atom. The molecule has 8 heteroatoms. The first kappa shape index (κ1) is 26.2. The van der Waals surface area contributed by atoms with Crippen LogP contribution in [0, 0.1) is 0 Å². The monoisotopic (exact) mass is 482 g/mol. The fourth-order valence-electron chi connectivity index (χ4n) is 3.45. The van der Waals surface area contributed by atoms with Gasteiger partial charge in [-0.1, -0.05) is 60.7 Å². The highest BCUT2D eigenvalue weighted by Crippen LogP contribution is 2.41. The predicted molar refractivity (Wildman–Crippen MR) is 130 cm³/mol. The molecule has 2 amide bonds. The molecule has 0 radical (unpaired) electrons. The van der Waals surface area contributed by atoms with Gasteiger partial charge in [0.15, 0.2) is 5.54 Å². The maximum atomic E-state index is 13.1. The minimum Gasteiger partial charge on any atom is -0.459 e. The van der Waals surface area contributed by atoms with E-state index in [1.807, 2.05) is 60.7 Å². The Bertz CT molecular complexity index is 1020. The van der Waals surface area contributed by atoms with Gasteiger partial charge >= 0.3 is 12.1 Å². The summed E-state index contributed by atoms with van der Waals surface area (Å²) in [5.41, 5.74) is -0.223. The standard InChI is InChI=1S/C27H34N2O6/c1-19(29(5)25(32)35-26(2,3)4)23(30)28-27(24(31)34-18-21-14-10-7-11-15-21)16-22(27)33-17-20-12-8-6-9-13-20/h6-15,19,22H,16-18H2,1-5H3,(H,28,30)/t19-,22+,27?/m0/s1. The Balaban J connectivity index is 1.68. The summed E-state index contributed by atoms with van der Waals surface area (Å²) in [6.07, 6.45) is -0.898. The molecule has 0 bridgehead atoms. The van der Waals surface area contributed by atoms with Gasteiger partial charge in [-0.3, -0.25) is 9.69 Å². The molecule has 188 valence electrons. The molecule has 0 aromatic heterocycles. The number of nitrogens with zero attached hydrogens (tertiary/aromatic N) is 1. The molecule has 3 atom stereocenters. The van der Waals surface area contributed by atoms with Crippen LogP contribution in [0.3, 0.4) is 0 Å². The van der Waals surface area contributed by atoms with Crippen molar-refractivity contribution in [3.05, 3.63) is 71.8 Å². The molecule has 35 heavy (non-hydrogen) atoms. The first-order valence-corrected chi connectivity index (χ1v) is 11.7. The highest BCUT2D eigenvalue weighted by atomic mass is 16.6. The number of esters is 1. The van der Waals surface area contributed by atoms with Crippen molar-refractivity contribution in [3.63, 3.8) is 0 Å². The average Bonchev–Trinajstić information content (AvgIpc) is 3.54. The van der Waals surface area contributed by atoms with Crippen molar-refractivity contribution < 1.29 is 28.6 Å². The zero-order valence-electron chi connectivity index (χ0n) is 20.9. The van der Waals surface area contributed by atoms with E-state index >= 15 is 0 Å². The van der Waals surface area contributed by atoms with Crippen LogP contribution in [0.5, 0.6) is 0 Å². The number of likely N-dealkylation sites (N-methyl/N-ethyl adjacent to an activating group) is 1. The molecule has 2 aromatic carbocycles. The fraction of sp³-hybridized carbons (Fsp3) is 0.444. The number of benzene rings is 2. The van der Waals surface area contributed by atoms with Crippen LogP contribution in [-0.2, 0) is 37.0 Å². The molecule has 3 rings (SSSR count). The van der Waals surface area contributed by atoms with Crippen LogP contribution in [0.15, 0.2) is 60.7 Å². The van der Waals surface area contributed by atoms with E-state index in [9.17, 15) is 14.4 Å². The molecule has 1 fully saturated rings. The van der Waals surface area contributed by atoms with E-state index in [-0.39, 0.29) is 13.0 Å². The third-order valence-corrected chi connectivity index (χ3v) is 5.76. The number of carbonyl (C=O) groups excluding carboxylic acids is 3. The summed E-state index contributed by atoms with van der Waals surface area (Å²) in [5, 5.41) is 2.80. The Labute approximate surface area is 206 Å². The van der Waals surface area contributed by atoms with Crippen LogP contribution in [-0.4, -0.2) is 53.2 Å². The molecule has 2 aromatic rings. The summed E-state index contributed by atoms with van der Waals surface area (Å²) >= 11 is 0. The van der Waals surface area contributed by atoms with E-state index < -0.39 is 41.3 Å². The Morgan fingerprint density at radius 1 is 1.00 bits per heavy atom. The van der Waals surface area contributed by atoms with Gasteiger partial charge in [-0.05, 0) is 38.8 Å². The van der Waals surface area contributed by atoms with Crippen molar-refractivity contribution in [1.82, 2.24) is 10.2 Å². The van der Waals surface area contributed by atoms with Gasteiger partial charge in [0.25, 0.3) is 0 Å². The zero-order valence-corrected chi connectivity index (χ0v) is 20.9. The molecule has 8 nitrogen and oxygen atoms in total. The number of nitrogens with one attached hydrogen (secondary N) is 1. The molecular weight excluding hydrogens is 448 g/mol. The van der Waals surface area contributed by atoms with Crippen molar-refractivity contribution in [2.45, 2.75) is 70.6 Å². The van der Waals surface area contributed by atoms with Gasteiger partial charge in [0.05, 0.1) is 12.7 Å². The van der Waals surface area contributed by atoms with Gasteiger partial charge in [-0.25, -0.2) is 9.59 Å². The maximum Gasteiger partial charge on any atom is 0.410 e. The Morgan fingerprint density at radius 3 is 2.09 bits per heavy atom. The third-order valence-electron chi connectivity index (χ3n) is 5.76. The molecule has 0 heterocycles. The van der Waals surface area contributed by atoms with E-state index in [0.717, 1.165) is 11.1 Å². The van der Waals surface area contributed by atoms with Crippen LogP contribution < -0.4 is 5.32 Å². The lowest BCUT2D eigenvalue weighted by atomic mass is 10.2. The van der Waals surface area contributed by atoms with Crippen LogP contribution in [0.4, 0.5) is 4.79 Å². The van der Waals surface area contributed by atoms with Gasteiger partial charge in [-0.2, -0.15) is 0 Å². The summed E-state index contributed by atoms with van der Waals surface area (Å²) in [5.74, 6) is -1.07.